The third-order valence-electron chi connectivity index (χ3n) is 4.12. The molecule has 1 heterocycles. The molecule has 1 saturated carbocycles. The molecule has 0 bridgehead atoms. The van der Waals surface area contributed by atoms with E-state index >= 15 is 0 Å². The monoisotopic (exact) mass is 263 g/mol. The van der Waals surface area contributed by atoms with E-state index in [1.165, 1.54) is 12.6 Å². The van der Waals surface area contributed by atoms with E-state index in [9.17, 15) is 4.79 Å². The summed E-state index contributed by atoms with van der Waals surface area (Å²) in [6, 6.07) is 0. The molecule has 19 heavy (non-hydrogen) atoms. The number of hydrogen-bond donors (Lipinski definition) is 3. The first-order valence-corrected chi connectivity index (χ1v) is 6.68. The lowest BCUT2D eigenvalue weighted by molar-refractivity contribution is 0.0995. The van der Waals surface area contributed by atoms with E-state index in [0.29, 0.717) is 18.3 Å². The van der Waals surface area contributed by atoms with E-state index in [1.807, 2.05) is 0 Å². The van der Waals surface area contributed by atoms with Crippen molar-refractivity contribution in [2.24, 2.45) is 17.4 Å². The first-order chi connectivity index (χ1) is 9.09. The third kappa shape index (κ3) is 2.68. The molecule has 1 fully saturated rings. The van der Waals surface area contributed by atoms with Crippen molar-refractivity contribution in [2.75, 3.05) is 11.9 Å². The molecule has 1 amide bonds. The van der Waals surface area contributed by atoms with Gasteiger partial charge in [0, 0.05) is 18.9 Å². The predicted molar refractivity (Wildman–Crippen MR) is 73.6 cm³/mol. The maximum absolute atomic E-state index is 11.4. The summed E-state index contributed by atoms with van der Waals surface area (Å²) in [4.78, 5) is 19.6. The van der Waals surface area contributed by atoms with Crippen LogP contribution in [-0.2, 0) is 0 Å². The molecule has 0 aliphatic heterocycles. The summed E-state index contributed by atoms with van der Waals surface area (Å²) in [6.07, 6.45) is 7.45. The quantitative estimate of drug-likeness (QED) is 0.748. The minimum Gasteiger partial charge on any atom is -0.364 e. The Morgan fingerprint density at radius 3 is 2.84 bits per heavy atom. The Balaban J connectivity index is 2.30. The van der Waals surface area contributed by atoms with Gasteiger partial charge in [-0.05, 0) is 18.8 Å². The minimum absolute atomic E-state index is 0.174. The summed E-state index contributed by atoms with van der Waals surface area (Å²) < 4.78 is 0. The van der Waals surface area contributed by atoms with E-state index in [4.69, 9.17) is 11.5 Å². The van der Waals surface area contributed by atoms with Crippen molar-refractivity contribution < 1.29 is 4.79 Å². The molecule has 1 aromatic heterocycles. The standard InChI is InChI=1S/C13H21N5O/c1-9-4-2-3-5-13(9,8-14)18-12-10(11(15)19)16-6-7-17-12/h6-7,9H,2-5,8,14H2,1H3,(H2,15,19)(H,17,18). The molecule has 1 aromatic rings. The van der Waals surface area contributed by atoms with E-state index in [1.54, 1.807) is 6.20 Å². The van der Waals surface area contributed by atoms with Crippen LogP contribution in [0.15, 0.2) is 12.4 Å². The number of hydrogen-bond acceptors (Lipinski definition) is 5. The molecular formula is C13H21N5O. The van der Waals surface area contributed by atoms with Crippen LogP contribution in [0, 0.1) is 5.92 Å². The number of carbonyl (C=O) groups excluding carboxylic acids is 1. The summed E-state index contributed by atoms with van der Waals surface area (Å²) in [5, 5.41) is 3.34. The van der Waals surface area contributed by atoms with Crippen LogP contribution in [0.1, 0.15) is 43.1 Å². The molecule has 2 atom stereocenters. The highest BCUT2D eigenvalue weighted by molar-refractivity contribution is 5.95. The largest absolute Gasteiger partial charge is 0.364 e. The SMILES string of the molecule is CC1CCCCC1(CN)Nc1nccnc1C(N)=O. The summed E-state index contributed by atoms with van der Waals surface area (Å²) in [5.41, 5.74) is 11.3. The molecule has 5 N–H and O–H groups in total. The van der Waals surface area contributed by atoms with Crippen molar-refractivity contribution >= 4 is 11.7 Å². The van der Waals surface area contributed by atoms with Gasteiger partial charge >= 0.3 is 0 Å². The highest BCUT2D eigenvalue weighted by atomic mass is 16.1. The van der Waals surface area contributed by atoms with Crippen molar-refractivity contribution in [1.29, 1.82) is 0 Å². The molecule has 6 heteroatoms. The van der Waals surface area contributed by atoms with Crippen molar-refractivity contribution in [3.63, 3.8) is 0 Å². The Morgan fingerprint density at radius 2 is 2.21 bits per heavy atom. The van der Waals surface area contributed by atoms with E-state index in [2.05, 4.69) is 22.2 Å². The molecule has 2 unspecified atom stereocenters. The average Bonchev–Trinajstić information content (AvgIpc) is 2.42. The van der Waals surface area contributed by atoms with Crippen LogP contribution in [0.3, 0.4) is 0 Å². The zero-order chi connectivity index (χ0) is 13.9. The predicted octanol–water partition coefficient (Wildman–Crippen LogP) is 0.895. The Hall–Kier alpha value is -1.69. The topological polar surface area (TPSA) is 107 Å². The van der Waals surface area contributed by atoms with Gasteiger partial charge in [0.1, 0.15) is 0 Å². The van der Waals surface area contributed by atoms with Gasteiger partial charge in [-0.2, -0.15) is 0 Å². The van der Waals surface area contributed by atoms with Gasteiger partial charge in [0.15, 0.2) is 11.5 Å². The number of amides is 1. The number of carbonyl (C=O) groups is 1. The molecule has 0 radical (unpaired) electrons. The third-order valence-corrected chi connectivity index (χ3v) is 4.12. The van der Waals surface area contributed by atoms with Gasteiger partial charge in [-0.25, -0.2) is 9.97 Å². The van der Waals surface area contributed by atoms with Gasteiger partial charge in [-0.1, -0.05) is 19.8 Å². The van der Waals surface area contributed by atoms with Gasteiger partial charge in [-0.15, -0.1) is 0 Å². The van der Waals surface area contributed by atoms with Crippen LogP contribution in [-0.4, -0.2) is 28.0 Å². The van der Waals surface area contributed by atoms with Gasteiger partial charge in [0.05, 0.1) is 5.54 Å². The average molecular weight is 263 g/mol. The van der Waals surface area contributed by atoms with Crippen LogP contribution in [0.2, 0.25) is 0 Å². The fraction of sp³-hybridized carbons (Fsp3) is 0.615. The molecule has 0 aromatic carbocycles. The lowest BCUT2D eigenvalue weighted by Crippen LogP contribution is -2.53. The number of rotatable bonds is 4. The maximum atomic E-state index is 11.4. The zero-order valence-electron chi connectivity index (χ0n) is 11.2. The normalized spacial score (nSPS) is 26.9. The Bertz CT molecular complexity index is 464. The molecule has 104 valence electrons. The number of nitrogens with one attached hydrogen (secondary N) is 1. The Morgan fingerprint density at radius 1 is 1.47 bits per heavy atom. The van der Waals surface area contributed by atoms with Gasteiger partial charge in [-0.3, -0.25) is 4.79 Å². The molecule has 1 aliphatic carbocycles. The molecule has 1 aliphatic rings. The second-order valence-corrected chi connectivity index (χ2v) is 5.25. The zero-order valence-corrected chi connectivity index (χ0v) is 11.2. The molecule has 6 nitrogen and oxygen atoms in total. The fourth-order valence-corrected chi connectivity index (χ4v) is 2.80. The maximum Gasteiger partial charge on any atom is 0.271 e. The second-order valence-electron chi connectivity index (χ2n) is 5.25. The van der Waals surface area contributed by atoms with Crippen molar-refractivity contribution in [3.05, 3.63) is 18.1 Å². The first-order valence-electron chi connectivity index (χ1n) is 6.68. The summed E-state index contributed by atoms with van der Waals surface area (Å²) in [5.74, 6) is 0.286. The highest BCUT2D eigenvalue weighted by Crippen LogP contribution is 2.35. The Kier molecular flexibility index (Phi) is 3.99. The van der Waals surface area contributed by atoms with Crippen LogP contribution in [0.4, 0.5) is 5.82 Å². The van der Waals surface area contributed by atoms with Crippen molar-refractivity contribution in [3.8, 4) is 0 Å². The summed E-state index contributed by atoms with van der Waals surface area (Å²) >= 11 is 0. The lowest BCUT2D eigenvalue weighted by Gasteiger charge is -2.43. The summed E-state index contributed by atoms with van der Waals surface area (Å²) in [6.45, 7) is 2.68. The first kappa shape index (κ1) is 13.7. The Labute approximate surface area is 113 Å². The molecule has 0 saturated heterocycles. The van der Waals surface area contributed by atoms with Gasteiger partial charge < -0.3 is 16.8 Å². The fourth-order valence-electron chi connectivity index (χ4n) is 2.80. The molecule has 2 rings (SSSR count). The van der Waals surface area contributed by atoms with Crippen LogP contribution in [0.5, 0.6) is 0 Å². The van der Waals surface area contributed by atoms with E-state index in [-0.39, 0.29) is 11.2 Å². The number of nitrogens with zero attached hydrogens (tertiary/aromatic N) is 2. The number of primary amides is 1. The van der Waals surface area contributed by atoms with Gasteiger partial charge in [0.25, 0.3) is 5.91 Å². The summed E-state index contributed by atoms with van der Waals surface area (Å²) in [7, 11) is 0. The number of aromatic nitrogens is 2. The van der Waals surface area contributed by atoms with Gasteiger partial charge in [0.2, 0.25) is 0 Å². The van der Waals surface area contributed by atoms with Crippen LogP contribution >= 0.6 is 0 Å². The number of nitrogens with two attached hydrogens (primary N) is 2. The van der Waals surface area contributed by atoms with E-state index in [0.717, 1.165) is 19.3 Å². The smallest absolute Gasteiger partial charge is 0.271 e. The minimum atomic E-state index is -0.578. The van der Waals surface area contributed by atoms with Crippen LogP contribution < -0.4 is 16.8 Å². The van der Waals surface area contributed by atoms with Crippen LogP contribution in [0.25, 0.3) is 0 Å². The second kappa shape index (κ2) is 5.52. The van der Waals surface area contributed by atoms with Crippen molar-refractivity contribution in [2.45, 2.75) is 38.1 Å². The highest BCUT2D eigenvalue weighted by Gasteiger charge is 2.38. The lowest BCUT2D eigenvalue weighted by atomic mass is 9.73. The van der Waals surface area contributed by atoms with E-state index < -0.39 is 5.91 Å². The number of anilines is 1. The van der Waals surface area contributed by atoms with Crippen molar-refractivity contribution in [1.82, 2.24) is 9.97 Å². The molecular weight excluding hydrogens is 242 g/mol. The molecule has 0 spiro atoms.